The molecule has 0 bridgehead atoms. The lowest BCUT2D eigenvalue weighted by atomic mass is 9.92. The molecule has 2 atom stereocenters. The molecule has 2 rings (SSSR count). The molecule has 0 radical (unpaired) electrons. The van der Waals surface area contributed by atoms with Gasteiger partial charge < -0.3 is 15.2 Å². The van der Waals surface area contributed by atoms with Gasteiger partial charge in [-0.2, -0.15) is 0 Å². The molecule has 3 nitrogen and oxygen atoms in total. The van der Waals surface area contributed by atoms with Gasteiger partial charge in [0.1, 0.15) is 5.75 Å². The summed E-state index contributed by atoms with van der Waals surface area (Å²) in [7, 11) is 1.66. The molecule has 0 heterocycles. The van der Waals surface area contributed by atoms with Gasteiger partial charge in [-0.3, -0.25) is 0 Å². The Morgan fingerprint density at radius 2 is 2.12 bits per heavy atom. The maximum absolute atomic E-state index is 9.94. The van der Waals surface area contributed by atoms with E-state index in [4.69, 9.17) is 4.74 Å². The van der Waals surface area contributed by atoms with Crippen LogP contribution in [0.5, 0.6) is 5.75 Å². The van der Waals surface area contributed by atoms with Crippen LogP contribution in [0.25, 0.3) is 0 Å². The summed E-state index contributed by atoms with van der Waals surface area (Å²) in [6.45, 7) is 0. The highest BCUT2D eigenvalue weighted by molar-refractivity contribution is 9.10. The van der Waals surface area contributed by atoms with Crippen LogP contribution >= 0.6 is 15.9 Å². The molecule has 94 valence electrons. The quantitative estimate of drug-likeness (QED) is 0.901. The van der Waals surface area contributed by atoms with Gasteiger partial charge in [-0.25, -0.2) is 0 Å². The SMILES string of the molecule is COc1ccc(Br)c(NC2CCCCC2O)c1. The first-order valence-electron chi connectivity index (χ1n) is 5.99. The molecule has 2 N–H and O–H groups in total. The second-order valence-corrected chi connectivity index (χ2v) is 5.30. The van der Waals surface area contributed by atoms with Gasteiger partial charge in [-0.05, 0) is 40.9 Å². The summed E-state index contributed by atoms with van der Waals surface area (Å²) in [5.41, 5.74) is 0.982. The molecule has 0 saturated heterocycles. The second kappa shape index (κ2) is 5.74. The molecule has 4 heteroatoms. The van der Waals surface area contributed by atoms with E-state index in [-0.39, 0.29) is 12.1 Å². The van der Waals surface area contributed by atoms with Crippen molar-refractivity contribution in [3.8, 4) is 5.75 Å². The van der Waals surface area contributed by atoms with E-state index in [1.807, 2.05) is 18.2 Å². The van der Waals surface area contributed by atoms with Gasteiger partial charge in [0.25, 0.3) is 0 Å². The van der Waals surface area contributed by atoms with Crippen molar-refractivity contribution in [2.24, 2.45) is 0 Å². The standard InChI is InChI=1S/C13H18BrNO2/c1-17-9-6-7-10(14)12(8-9)15-11-4-2-3-5-13(11)16/h6-8,11,13,15-16H,2-5H2,1H3. The number of methoxy groups -OCH3 is 1. The molecule has 2 unspecified atom stereocenters. The van der Waals surface area contributed by atoms with Crippen LogP contribution in [0.4, 0.5) is 5.69 Å². The fourth-order valence-corrected chi connectivity index (χ4v) is 2.58. The third kappa shape index (κ3) is 3.13. The van der Waals surface area contributed by atoms with Gasteiger partial charge in [0, 0.05) is 10.5 Å². The highest BCUT2D eigenvalue weighted by Crippen LogP contribution is 2.30. The third-order valence-electron chi connectivity index (χ3n) is 3.24. The number of halogens is 1. The molecule has 1 aromatic carbocycles. The van der Waals surface area contributed by atoms with Crippen molar-refractivity contribution in [2.45, 2.75) is 37.8 Å². The predicted molar refractivity (Wildman–Crippen MR) is 72.6 cm³/mol. The zero-order chi connectivity index (χ0) is 12.3. The van der Waals surface area contributed by atoms with E-state index in [1.165, 1.54) is 6.42 Å². The minimum Gasteiger partial charge on any atom is -0.497 e. The normalized spacial score (nSPS) is 24.4. The number of hydrogen-bond donors (Lipinski definition) is 2. The van der Waals surface area contributed by atoms with E-state index in [2.05, 4.69) is 21.2 Å². The van der Waals surface area contributed by atoms with Crippen LogP contribution in [-0.4, -0.2) is 24.4 Å². The number of rotatable bonds is 3. The first-order valence-corrected chi connectivity index (χ1v) is 6.78. The van der Waals surface area contributed by atoms with Crippen LogP contribution in [0.1, 0.15) is 25.7 Å². The Hall–Kier alpha value is -0.740. The van der Waals surface area contributed by atoms with Crippen molar-refractivity contribution in [3.63, 3.8) is 0 Å². The van der Waals surface area contributed by atoms with E-state index in [9.17, 15) is 5.11 Å². The highest BCUT2D eigenvalue weighted by atomic mass is 79.9. The fourth-order valence-electron chi connectivity index (χ4n) is 2.22. The Morgan fingerprint density at radius 1 is 1.35 bits per heavy atom. The summed E-state index contributed by atoms with van der Waals surface area (Å²) in [5.74, 6) is 0.820. The molecule has 0 aromatic heterocycles. The lowest BCUT2D eigenvalue weighted by Crippen LogP contribution is -2.36. The van der Waals surface area contributed by atoms with Crippen molar-refractivity contribution >= 4 is 21.6 Å². The zero-order valence-corrected chi connectivity index (χ0v) is 11.5. The van der Waals surface area contributed by atoms with Crippen LogP contribution in [0.3, 0.4) is 0 Å². The average Bonchev–Trinajstić information content (AvgIpc) is 2.35. The lowest BCUT2D eigenvalue weighted by Gasteiger charge is -2.29. The molecule has 1 aliphatic rings. The molecule has 17 heavy (non-hydrogen) atoms. The summed E-state index contributed by atoms with van der Waals surface area (Å²) < 4.78 is 6.20. The van der Waals surface area contributed by atoms with Gasteiger partial charge in [-0.1, -0.05) is 12.8 Å². The first kappa shape index (κ1) is 12.7. The van der Waals surface area contributed by atoms with Crippen molar-refractivity contribution in [1.82, 2.24) is 0 Å². The average molecular weight is 300 g/mol. The topological polar surface area (TPSA) is 41.5 Å². The fraction of sp³-hybridized carbons (Fsp3) is 0.538. The van der Waals surface area contributed by atoms with Gasteiger partial charge in [0.05, 0.1) is 24.9 Å². The number of aliphatic hydroxyl groups is 1. The molecular weight excluding hydrogens is 282 g/mol. The Morgan fingerprint density at radius 3 is 2.82 bits per heavy atom. The molecule has 0 spiro atoms. The second-order valence-electron chi connectivity index (χ2n) is 4.45. The van der Waals surface area contributed by atoms with Crippen molar-refractivity contribution in [2.75, 3.05) is 12.4 Å². The van der Waals surface area contributed by atoms with Gasteiger partial charge in [-0.15, -0.1) is 0 Å². The Balaban J connectivity index is 2.11. The number of anilines is 1. The van der Waals surface area contributed by atoms with E-state index in [0.29, 0.717) is 0 Å². The summed E-state index contributed by atoms with van der Waals surface area (Å²) in [5, 5.41) is 13.3. The van der Waals surface area contributed by atoms with E-state index >= 15 is 0 Å². The van der Waals surface area contributed by atoms with E-state index in [1.54, 1.807) is 7.11 Å². The van der Waals surface area contributed by atoms with Crippen LogP contribution in [-0.2, 0) is 0 Å². The Kier molecular flexibility index (Phi) is 4.29. The summed E-state index contributed by atoms with van der Waals surface area (Å²) >= 11 is 3.51. The summed E-state index contributed by atoms with van der Waals surface area (Å²) in [4.78, 5) is 0. The highest BCUT2D eigenvalue weighted by Gasteiger charge is 2.23. The van der Waals surface area contributed by atoms with E-state index < -0.39 is 0 Å². The number of hydrogen-bond acceptors (Lipinski definition) is 3. The molecular formula is C13H18BrNO2. The zero-order valence-electron chi connectivity index (χ0n) is 9.95. The predicted octanol–water partition coefficient (Wildman–Crippen LogP) is 3.17. The number of ether oxygens (including phenoxy) is 1. The maximum atomic E-state index is 9.94. The first-order chi connectivity index (χ1) is 8.20. The van der Waals surface area contributed by atoms with Crippen LogP contribution in [0.15, 0.2) is 22.7 Å². The molecule has 0 amide bonds. The molecule has 1 fully saturated rings. The molecule has 0 aliphatic heterocycles. The molecule has 1 aliphatic carbocycles. The largest absolute Gasteiger partial charge is 0.497 e. The molecule has 1 saturated carbocycles. The van der Waals surface area contributed by atoms with Crippen molar-refractivity contribution in [3.05, 3.63) is 22.7 Å². The van der Waals surface area contributed by atoms with Crippen molar-refractivity contribution < 1.29 is 9.84 Å². The summed E-state index contributed by atoms with van der Waals surface area (Å²) in [6, 6.07) is 5.96. The maximum Gasteiger partial charge on any atom is 0.121 e. The number of aliphatic hydroxyl groups excluding tert-OH is 1. The smallest absolute Gasteiger partial charge is 0.121 e. The van der Waals surface area contributed by atoms with Crippen LogP contribution < -0.4 is 10.1 Å². The minimum atomic E-state index is -0.248. The molecule has 1 aromatic rings. The lowest BCUT2D eigenvalue weighted by molar-refractivity contribution is 0.116. The van der Waals surface area contributed by atoms with Crippen molar-refractivity contribution in [1.29, 1.82) is 0 Å². The Labute approximate surface area is 110 Å². The monoisotopic (exact) mass is 299 g/mol. The summed E-state index contributed by atoms with van der Waals surface area (Å²) in [6.07, 6.45) is 3.96. The number of nitrogens with one attached hydrogen (secondary N) is 1. The van der Waals surface area contributed by atoms with Crippen LogP contribution in [0, 0.1) is 0 Å². The Bertz CT molecular complexity index is 384. The van der Waals surface area contributed by atoms with Gasteiger partial charge in [0.15, 0.2) is 0 Å². The third-order valence-corrected chi connectivity index (χ3v) is 3.94. The van der Waals surface area contributed by atoms with Crippen LogP contribution in [0.2, 0.25) is 0 Å². The minimum absolute atomic E-state index is 0.146. The van der Waals surface area contributed by atoms with Gasteiger partial charge >= 0.3 is 0 Å². The van der Waals surface area contributed by atoms with E-state index in [0.717, 1.165) is 35.2 Å². The van der Waals surface area contributed by atoms with Gasteiger partial charge in [0.2, 0.25) is 0 Å². The number of benzene rings is 1.